The SMILES string of the molecule is Cc1ccc(C=CC(=O)NC(=S)N2CCCCC2)o1. The van der Waals surface area contributed by atoms with Gasteiger partial charge >= 0.3 is 0 Å². The molecule has 1 amide bonds. The minimum Gasteiger partial charge on any atom is -0.462 e. The zero-order chi connectivity index (χ0) is 13.7. The van der Waals surface area contributed by atoms with Crippen molar-refractivity contribution in [1.82, 2.24) is 10.2 Å². The van der Waals surface area contributed by atoms with Crippen molar-refractivity contribution < 1.29 is 9.21 Å². The number of piperidine rings is 1. The quantitative estimate of drug-likeness (QED) is 0.667. The Morgan fingerprint density at radius 1 is 1.37 bits per heavy atom. The standard InChI is InChI=1S/C14H18N2O2S/c1-11-5-6-12(18-11)7-8-13(17)15-14(19)16-9-3-2-4-10-16/h5-8H,2-4,9-10H2,1H3,(H,15,17,19). The summed E-state index contributed by atoms with van der Waals surface area (Å²) in [6.07, 6.45) is 6.59. The first-order valence-electron chi connectivity index (χ1n) is 6.49. The first kappa shape index (κ1) is 13.8. The molecule has 1 N–H and O–H groups in total. The number of hydrogen-bond acceptors (Lipinski definition) is 3. The van der Waals surface area contributed by atoms with Gasteiger partial charge in [-0.1, -0.05) is 0 Å². The fourth-order valence-corrected chi connectivity index (χ4v) is 2.31. The van der Waals surface area contributed by atoms with Gasteiger partial charge in [-0.25, -0.2) is 0 Å². The number of carbonyl (C=O) groups excluding carboxylic acids is 1. The molecule has 0 unspecified atom stereocenters. The molecular formula is C14H18N2O2S. The largest absolute Gasteiger partial charge is 0.462 e. The van der Waals surface area contributed by atoms with Gasteiger partial charge in [-0.2, -0.15) is 0 Å². The minimum atomic E-state index is -0.218. The molecular weight excluding hydrogens is 260 g/mol. The lowest BCUT2D eigenvalue weighted by molar-refractivity contribution is -0.115. The Balaban J connectivity index is 1.83. The Hall–Kier alpha value is -1.62. The summed E-state index contributed by atoms with van der Waals surface area (Å²) in [5, 5.41) is 3.24. The van der Waals surface area contributed by atoms with E-state index in [0.717, 1.165) is 31.7 Å². The van der Waals surface area contributed by atoms with Gasteiger partial charge < -0.3 is 9.32 Å². The predicted octanol–water partition coefficient (Wildman–Crippen LogP) is 2.49. The third-order valence-corrected chi connectivity index (χ3v) is 3.39. The molecule has 0 saturated carbocycles. The van der Waals surface area contributed by atoms with Crippen LogP contribution in [0.15, 0.2) is 22.6 Å². The van der Waals surface area contributed by atoms with Crippen LogP contribution in [0, 0.1) is 6.92 Å². The van der Waals surface area contributed by atoms with Crippen LogP contribution in [0.5, 0.6) is 0 Å². The Morgan fingerprint density at radius 3 is 2.74 bits per heavy atom. The zero-order valence-corrected chi connectivity index (χ0v) is 11.8. The van der Waals surface area contributed by atoms with Crippen molar-refractivity contribution in [3.05, 3.63) is 29.7 Å². The van der Waals surface area contributed by atoms with Gasteiger partial charge in [-0.3, -0.25) is 10.1 Å². The minimum absolute atomic E-state index is 0.218. The lowest BCUT2D eigenvalue weighted by atomic mass is 10.1. The van der Waals surface area contributed by atoms with Gasteiger partial charge in [-0.05, 0) is 56.6 Å². The summed E-state index contributed by atoms with van der Waals surface area (Å²) < 4.78 is 5.35. The Labute approximate surface area is 118 Å². The van der Waals surface area contributed by atoms with Crippen molar-refractivity contribution in [1.29, 1.82) is 0 Å². The molecule has 1 aliphatic rings. The van der Waals surface area contributed by atoms with E-state index in [2.05, 4.69) is 5.32 Å². The van der Waals surface area contributed by atoms with Crippen LogP contribution in [0.3, 0.4) is 0 Å². The van der Waals surface area contributed by atoms with Gasteiger partial charge in [0.25, 0.3) is 0 Å². The summed E-state index contributed by atoms with van der Waals surface area (Å²) >= 11 is 5.22. The summed E-state index contributed by atoms with van der Waals surface area (Å²) in [4.78, 5) is 13.8. The van der Waals surface area contributed by atoms with E-state index in [1.807, 2.05) is 24.0 Å². The monoisotopic (exact) mass is 278 g/mol. The Kier molecular flexibility index (Phi) is 4.74. The maximum absolute atomic E-state index is 11.7. The average Bonchev–Trinajstić information content (AvgIpc) is 2.83. The van der Waals surface area contributed by atoms with Crippen LogP contribution < -0.4 is 5.32 Å². The molecule has 1 saturated heterocycles. The molecule has 2 heterocycles. The molecule has 0 atom stereocenters. The lowest BCUT2D eigenvalue weighted by Gasteiger charge is -2.28. The highest BCUT2D eigenvalue weighted by atomic mass is 32.1. The van der Waals surface area contributed by atoms with E-state index in [9.17, 15) is 4.79 Å². The van der Waals surface area contributed by atoms with Crippen LogP contribution >= 0.6 is 12.2 Å². The summed E-state index contributed by atoms with van der Waals surface area (Å²) in [7, 11) is 0. The van der Waals surface area contributed by atoms with Crippen LogP contribution in [-0.2, 0) is 4.79 Å². The van der Waals surface area contributed by atoms with Crippen molar-refractivity contribution >= 4 is 29.3 Å². The summed E-state index contributed by atoms with van der Waals surface area (Å²) in [5.41, 5.74) is 0. The van der Waals surface area contributed by atoms with E-state index in [1.54, 1.807) is 6.08 Å². The number of nitrogens with zero attached hydrogens (tertiary/aromatic N) is 1. The second-order valence-electron chi connectivity index (χ2n) is 4.62. The maximum atomic E-state index is 11.7. The summed E-state index contributed by atoms with van der Waals surface area (Å²) in [6, 6.07) is 3.68. The van der Waals surface area contributed by atoms with E-state index in [-0.39, 0.29) is 5.91 Å². The van der Waals surface area contributed by atoms with E-state index in [1.165, 1.54) is 12.5 Å². The molecule has 2 rings (SSSR count). The number of rotatable bonds is 2. The molecule has 5 heteroatoms. The van der Waals surface area contributed by atoms with Crippen LogP contribution in [0.25, 0.3) is 6.08 Å². The van der Waals surface area contributed by atoms with Crippen LogP contribution in [0.1, 0.15) is 30.8 Å². The molecule has 19 heavy (non-hydrogen) atoms. The molecule has 1 aromatic rings. The molecule has 1 fully saturated rings. The van der Waals surface area contributed by atoms with Gasteiger partial charge in [0, 0.05) is 19.2 Å². The average molecular weight is 278 g/mol. The number of amides is 1. The molecule has 4 nitrogen and oxygen atoms in total. The number of hydrogen-bond donors (Lipinski definition) is 1. The molecule has 1 aliphatic heterocycles. The molecule has 0 radical (unpaired) electrons. The highest BCUT2D eigenvalue weighted by molar-refractivity contribution is 7.80. The lowest BCUT2D eigenvalue weighted by Crippen LogP contribution is -2.44. The van der Waals surface area contributed by atoms with Gasteiger partial charge in [-0.15, -0.1) is 0 Å². The third kappa shape index (κ3) is 4.21. The topological polar surface area (TPSA) is 45.5 Å². The smallest absolute Gasteiger partial charge is 0.250 e. The third-order valence-electron chi connectivity index (χ3n) is 3.03. The van der Waals surface area contributed by atoms with E-state index < -0.39 is 0 Å². The van der Waals surface area contributed by atoms with E-state index in [0.29, 0.717) is 10.9 Å². The Bertz CT molecular complexity index is 487. The van der Waals surface area contributed by atoms with Crippen molar-refractivity contribution in [2.75, 3.05) is 13.1 Å². The summed E-state index contributed by atoms with van der Waals surface area (Å²) in [6.45, 7) is 3.73. The van der Waals surface area contributed by atoms with Gasteiger partial charge in [0.15, 0.2) is 5.11 Å². The first-order chi connectivity index (χ1) is 9.15. The van der Waals surface area contributed by atoms with Gasteiger partial charge in [0.1, 0.15) is 11.5 Å². The fraction of sp³-hybridized carbons (Fsp3) is 0.429. The molecule has 1 aromatic heterocycles. The molecule has 0 spiro atoms. The van der Waals surface area contributed by atoms with Crippen molar-refractivity contribution in [2.45, 2.75) is 26.2 Å². The first-order valence-corrected chi connectivity index (χ1v) is 6.90. The molecule has 0 aromatic carbocycles. The fourth-order valence-electron chi connectivity index (χ4n) is 2.02. The van der Waals surface area contributed by atoms with Crippen molar-refractivity contribution in [3.8, 4) is 0 Å². The number of thiocarbonyl (C=S) groups is 1. The van der Waals surface area contributed by atoms with E-state index in [4.69, 9.17) is 16.6 Å². The van der Waals surface area contributed by atoms with Crippen LogP contribution in [0.2, 0.25) is 0 Å². The highest BCUT2D eigenvalue weighted by Crippen LogP contribution is 2.09. The maximum Gasteiger partial charge on any atom is 0.250 e. The normalized spacial score (nSPS) is 15.7. The highest BCUT2D eigenvalue weighted by Gasteiger charge is 2.14. The van der Waals surface area contributed by atoms with Gasteiger partial charge in [0.2, 0.25) is 5.91 Å². The van der Waals surface area contributed by atoms with Gasteiger partial charge in [0.05, 0.1) is 0 Å². The van der Waals surface area contributed by atoms with Crippen molar-refractivity contribution in [2.24, 2.45) is 0 Å². The number of nitrogens with one attached hydrogen (secondary N) is 1. The number of furan rings is 1. The number of likely N-dealkylation sites (tertiary alicyclic amines) is 1. The molecule has 0 aliphatic carbocycles. The number of carbonyl (C=O) groups is 1. The second kappa shape index (κ2) is 6.52. The molecule has 102 valence electrons. The molecule has 0 bridgehead atoms. The summed E-state index contributed by atoms with van der Waals surface area (Å²) in [5.74, 6) is 1.27. The van der Waals surface area contributed by atoms with Crippen LogP contribution in [-0.4, -0.2) is 29.0 Å². The number of aryl methyl sites for hydroxylation is 1. The Morgan fingerprint density at radius 2 is 2.11 bits per heavy atom. The van der Waals surface area contributed by atoms with Crippen LogP contribution in [0.4, 0.5) is 0 Å². The second-order valence-corrected chi connectivity index (χ2v) is 5.01. The predicted molar refractivity (Wildman–Crippen MR) is 78.6 cm³/mol. The zero-order valence-electron chi connectivity index (χ0n) is 11.0. The van der Waals surface area contributed by atoms with Crippen molar-refractivity contribution in [3.63, 3.8) is 0 Å². The van der Waals surface area contributed by atoms with E-state index >= 15 is 0 Å².